The molecule has 1 amide bonds. The van der Waals surface area contributed by atoms with E-state index >= 15 is 0 Å². The van der Waals surface area contributed by atoms with Gasteiger partial charge in [0.05, 0.1) is 0 Å². The predicted molar refractivity (Wildman–Crippen MR) is 84.7 cm³/mol. The van der Waals surface area contributed by atoms with Crippen molar-refractivity contribution >= 4 is 29.2 Å². The third-order valence-electron chi connectivity index (χ3n) is 2.30. The van der Waals surface area contributed by atoms with E-state index in [0.717, 1.165) is 11.4 Å². The summed E-state index contributed by atoms with van der Waals surface area (Å²) in [6.07, 6.45) is 0. The summed E-state index contributed by atoms with van der Waals surface area (Å²) in [5, 5.41) is 21.2. The monoisotopic (exact) mass is 300 g/mol. The molecule has 114 valence electrons. The van der Waals surface area contributed by atoms with Gasteiger partial charge in [0.15, 0.2) is 5.96 Å². The highest BCUT2D eigenvalue weighted by Crippen LogP contribution is 2.07. The number of benzene rings is 2. The fourth-order valence-electron chi connectivity index (χ4n) is 1.36. The first-order valence-electron chi connectivity index (χ1n) is 6.24. The van der Waals surface area contributed by atoms with E-state index in [1.54, 1.807) is 0 Å². The van der Waals surface area contributed by atoms with Crippen molar-refractivity contribution in [3.05, 3.63) is 60.7 Å². The number of nitrogens with one attached hydrogen (secondary N) is 3. The summed E-state index contributed by atoms with van der Waals surface area (Å²) in [5.74, 6) is -2.66. The second-order valence-corrected chi connectivity index (χ2v) is 4.03. The van der Waals surface area contributed by atoms with Crippen molar-refractivity contribution in [2.75, 3.05) is 10.6 Å². The van der Waals surface area contributed by atoms with Crippen molar-refractivity contribution in [2.45, 2.75) is 0 Å². The Labute approximate surface area is 127 Å². The molecule has 0 fully saturated rings. The lowest BCUT2D eigenvalue weighted by Crippen LogP contribution is -2.21. The van der Waals surface area contributed by atoms with E-state index in [9.17, 15) is 9.59 Å². The van der Waals surface area contributed by atoms with Crippen LogP contribution in [0.15, 0.2) is 60.7 Å². The van der Waals surface area contributed by atoms with Crippen molar-refractivity contribution in [1.82, 2.24) is 0 Å². The summed E-state index contributed by atoms with van der Waals surface area (Å²) < 4.78 is 0. The van der Waals surface area contributed by atoms with Crippen LogP contribution in [0.25, 0.3) is 0 Å². The molecule has 0 heterocycles. The third-order valence-corrected chi connectivity index (χ3v) is 2.30. The van der Waals surface area contributed by atoms with E-state index in [1.807, 2.05) is 60.7 Å². The number of primary amides is 1. The SMILES string of the molecule is N=C(Nc1ccccc1)Nc1ccccc1.NC(=O)C(=O)O. The summed E-state index contributed by atoms with van der Waals surface area (Å²) in [5.41, 5.74) is 5.99. The van der Waals surface area contributed by atoms with Crippen molar-refractivity contribution in [1.29, 1.82) is 5.41 Å². The number of carbonyl (C=O) groups excluding carboxylic acids is 1. The van der Waals surface area contributed by atoms with Gasteiger partial charge >= 0.3 is 11.9 Å². The fraction of sp³-hybridized carbons (Fsp3) is 0. The van der Waals surface area contributed by atoms with E-state index < -0.39 is 11.9 Å². The number of carbonyl (C=O) groups is 2. The molecule has 0 spiro atoms. The second-order valence-electron chi connectivity index (χ2n) is 4.03. The molecule has 0 aliphatic rings. The summed E-state index contributed by atoms with van der Waals surface area (Å²) in [4.78, 5) is 18.5. The zero-order valence-corrected chi connectivity index (χ0v) is 11.6. The molecule has 0 aliphatic carbocycles. The smallest absolute Gasteiger partial charge is 0.394 e. The molecule has 0 atom stereocenters. The van der Waals surface area contributed by atoms with Crippen LogP contribution in [0.5, 0.6) is 0 Å². The molecule has 0 saturated heterocycles. The number of carboxylic acids is 1. The average Bonchev–Trinajstić information content (AvgIpc) is 2.49. The Bertz CT molecular complexity index is 574. The number of anilines is 2. The summed E-state index contributed by atoms with van der Waals surface area (Å²) >= 11 is 0. The van der Waals surface area contributed by atoms with Crippen LogP contribution < -0.4 is 16.4 Å². The van der Waals surface area contributed by atoms with Crippen LogP contribution in [-0.2, 0) is 9.59 Å². The average molecular weight is 300 g/mol. The van der Waals surface area contributed by atoms with Gasteiger partial charge in [0.1, 0.15) is 0 Å². The van der Waals surface area contributed by atoms with Crippen LogP contribution in [0.3, 0.4) is 0 Å². The Morgan fingerprint density at radius 1 is 0.864 bits per heavy atom. The quantitative estimate of drug-likeness (QED) is 0.327. The van der Waals surface area contributed by atoms with Gasteiger partial charge in [-0.15, -0.1) is 0 Å². The number of carboxylic acid groups (broad SMARTS) is 1. The summed E-state index contributed by atoms with van der Waals surface area (Å²) in [7, 11) is 0. The topological polar surface area (TPSA) is 128 Å². The van der Waals surface area contributed by atoms with Crippen LogP contribution in [0.4, 0.5) is 11.4 Å². The molecule has 22 heavy (non-hydrogen) atoms. The number of nitrogens with two attached hydrogens (primary N) is 1. The Hall–Kier alpha value is -3.35. The Balaban J connectivity index is 0.000000346. The molecule has 2 rings (SSSR count). The molecule has 0 aromatic heterocycles. The molecule has 0 aliphatic heterocycles. The lowest BCUT2D eigenvalue weighted by atomic mass is 10.3. The number of hydrogen-bond acceptors (Lipinski definition) is 3. The molecule has 0 saturated carbocycles. The maximum Gasteiger partial charge on any atom is 0.394 e. The summed E-state index contributed by atoms with van der Waals surface area (Å²) in [6.45, 7) is 0. The van der Waals surface area contributed by atoms with Crippen molar-refractivity contribution in [2.24, 2.45) is 5.73 Å². The minimum Gasteiger partial charge on any atom is -0.474 e. The molecule has 7 heteroatoms. The van der Waals surface area contributed by atoms with E-state index in [0.29, 0.717) is 0 Å². The highest BCUT2D eigenvalue weighted by atomic mass is 16.4. The van der Waals surface area contributed by atoms with Gasteiger partial charge in [-0.1, -0.05) is 36.4 Å². The fourth-order valence-corrected chi connectivity index (χ4v) is 1.36. The van der Waals surface area contributed by atoms with Gasteiger partial charge in [0.2, 0.25) is 0 Å². The first-order valence-corrected chi connectivity index (χ1v) is 6.24. The molecular weight excluding hydrogens is 284 g/mol. The van der Waals surface area contributed by atoms with Gasteiger partial charge in [-0.2, -0.15) is 0 Å². The predicted octanol–water partition coefficient (Wildman–Crippen LogP) is 1.70. The highest BCUT2D eigenvalue weighted by molar-refractivity contribution is 6.30. The van der Waals surface area contributed by atoms with E-state index in [4.69, 9.17) is 10.5 Å². The van der Waals surface area contributed by atoms with E-state index in [1.165, 1.54) is 0 Å². The molecule has 0 bridgehead atoms. The lowest BCUT2D eigenvalue weighted by molar-refractivity contribution is -0.148. The van der Waals surface area contributed by atoms with Gasteiger partial charge in [-0.3, -0.25) is 10.2 Å². The van der Waals surface area contributed by atoms with Crippen molar-refractivity contribution in [3.8, 4) is 0 Å². The standard InChI is InChI=1S/C13H13N3.C2H3NO3/c14-13(15-11-7-3-1-4-8-11)16-12-9-5-2-6-10-12;3-1(4)2(5)6/h1-10H,(H3,14,15,16);(H2,3,4)(H,5,6). The number of aliphatic carboxylic acids is 1. The molecule has 7 nitrogen and oxygen atoms in total. The number of guanidine groups is 1. The first-order chi connectivity index (χ1) is 10.5. The Morgan fingerprint density at radius 2 is 1.18 bits per heavy atom. The largest absolute Gasteiger partial charge is 0.474 e. The zero-order chi connectivity index (χ0) is 16.4. The molecule has 2 aromatic carbocycles. The van der Waals surface area contributed by atoms with Crippen LogP contribution in [0, 0.1) is 5.41 Å². The van der Waals surface area contributed by atoms with Gasteiger partial charge in [-0.25, -0.2) is 4.79 Å². The number of amides is 1. The molecule has 2 aromatic rings. The van der Waals surface area contributed by atoms with Crippen LogP contribution >= 0.6 is 0 Å². The zero-order valence-electron chi connectivity index (χ0n) is 11.6. The number of para-hydroxylation sites is 2. The van der Waals surface area contributed by atoms with Gasteiger partial charge in [0, 0.05) is 11.4 Å². The van der Waals surface area contributed by atoms with Crippen LogP contribution in [-0.4, -0.2) is 22.9 Å². The minimum absolute atomic E-state index is 0.261. The van der Waals surface area contributed by atoms with Crippen LogP contribution in [0.1, 0.15) is 0 Å². The molecule has 0 radical (unpaired) electrons. The Kier molecular flexibility index (Phi) is 6.64. The maximum absolute atomic E-state index is 9.32. The van der Waals surface area contributed by atoms with E-state index in [-0.39, 0.29) is 5.96 Å². The lowest BCUT2D eigenvalue weighted by Gasteiger charge is -2.09. The normalized spacial score (nSPS) is 8.91. The first kappa shape index (κ1) is 16.7. The maximum atomic E-state index is 9.32. The third kappa shape index (κ3) is 6.71. The second kappa shape index (κ2) is 8.75. The van der Waals surface area contributed by atoms with Gasteiger partial charge in [0.25, 0.3) is 0 Å². The highest BCUT2D eigenvalue weighted by Gasteiger charge is 2.00. The molecule has 6 N–H and O–H groups in total. The number of rotatable bonds is 2. The molecular formula is C15H16N4O3. The van der Waals surface area contributed by atoms with E-state index in [2.05, 4.69) is 16.4 Å². The van der Waals surface area contributed by atoms with Crippen molar-refractivity contribution in [3.63, 3.8) is 0 Å². The Morgan fingerprint density at radius 3 is 1.45 bits per heavy atom. The summed E-state index contributed by atoms with van der Waals surface area (Å²) in [6, 6.07) is 19.3. The molecule has 0 unspecified atom stereocenters. The number of hydrogen-bond donors (Lipinski definition) is 5. The van der Waals surface area contributed by atoms with Crippen molar-refractivity contribution < 1.29 is 14.7 Å². The van der Waals surface area contributed by atoms with Crippen LogP contribution in [0.2, 0.25) is 0 Å². The van der Waals surface area contributed by atoms with Gasteiger partial charge in [-0.05, 0) is 24.3 Å². The van der Waals surface area contributed by atoms with Gasteiger partial charge < -0.3 is 21.5 Å². The minimum atomic E-state index is -1.60.